The van der Waals surface area contributed by atoms with Crippen LogP contribution in [0.15, 0.2) is 6.20 Å². The molecule has 5 aliphatic carbocycles. The number of rotatable bonds is 4. The number of nitrogens with zero attached hydrogens (tertiary/aromatic N) is 3. The van der Waals surface area contributed by atoms with Crippen LogP contribution in [0.4, 0.5) is 5.69 Å². The van der Waals surface area contributed by atoms with E-state index >= 15 is 0 Å². The standard InChI is InChI=1S/C21H30N4O3/c1-13-2-4-17(5-3-13)22-20(26)19-18(25(27)28)12-24(23-19)21-9-14-6-15(10-21)8-16(7-14)11-21/h12-17H,2-11H2,1H3,(H,22,26). The van der Waals surface area contributed by atoms with Crippen molar-refractivity contribution in [3.63, 3.8) is 0 Å². The zero-order chi connectivity index (χ0) is 19.5. The molecule has 1 N–H and O–H groups in total. The van der Waals surface area contributed by atoms with Crippen LogP contribution in [0.3, 0.4) is 0 Å². The summed E-state index contributed by atoms with van der Waals surface area (Å²) in [7, 11) is 0. The van der Waals surface area contributed by atoms with E-state index < -0.39 is 4.92 Å². The van der Waals surface area contributed by atoms with Gasteiger partial charge in [-0.2, -0.15) is 5.10 Å². The number of carbonyl (C=O) groups is 1. The third-order valence-electron chi connectivity index (χ3n) is 7.95. The Balaban J connectivity index is 1.41. The summed E-state index contributed by atoms with van der Waals surface area (Å²) in [5.74, 6) is 2.47. The number of hydrogen-bond acceptors (Lipinski definition) is 4. The third kappa shape index (κ3) is 3.03. The minimum absolute atomic E-state index is 0.000586. The molecule has 152 valence electrons. The Bertz CT molecular complexity index is 758. The average Bonchev–Trinajstić information content (AvgIpc) is 3.09. The largest absolute Gasteiger partial charge is 0.348 e. The molecule has 7 nitrogen and oxygen atoms in total. The molecule has 0 unspecified atom stereocenters. The molecule has 5 saturated carbocycles. The number of nitro groups is 1. The van der Waals surface area contributed by atoms with Crippen molar-refractivity contribution in [3.05, 3.63) is 22.0 Å². The lowest BCUT2D eigenvalue weighted by atomic mass is 9.53. The van der Waals surface area contributed by atoms with Gasteiger partial charge in [-0.1, -0.05) is 6.92 Å². The molecule has 1 heterocycles. The molecule has 1 aromatic rings. The van der Waals surface area contributed by atoms with Gasteiger partial charge in [-0.05, 0) is 87.9 Å². The number of aromatic nitrogens is 2. The normalized spacial score (nSPS) is 39.1. The zero-order valence-electron chi connectivity index (χ0n) is 16.6. The molecule has 5 aliphatic rings. The van der Waals surface area contributed by atoms with Crippen molar-refractivity contribution in [1.82, 2.24) is 15.1 Å². The summed E-state index contributed by atoms with van der Waals surface area (Å²) in [6.07, 6.45) is 12.7. The van der Waals surface area contributed by atoms with Gasteiger partial charge in [0.1, 0.15) is 6.20 Å². The molecule has 0 spiro atoms. The second-order valence-corrected chi connectivity index (χ2v) is 10.1. The number of carbonyl (C=O) groups excluding carboxylic acids is 1. The van der Waals surface area contributed by atoms with Crippen LogP contribution < -0.4 is 5.32 Å². The second kappa shape index (κ2) is 6.56. The van der Waals surface area contributed by atoms with Gasteiger partial charge in [0.15, 0.2) is 0 Å². The molecule has 0 saturated heterocycles. The molecular weight excluding hydrogens is 356 g/mol. The Morgan fingerprint density at radius 3 is 2.25 bits per heavy atom. The van der Waals surface area contributed by atoms with Crippen LogP contribution >= 0.6 is 0 Å². The van der Waals surface area contributed by atoms with Crippen molar-refractivity contribution in [2.24, 2.45) is 23.7 Å². The molecule has 0 aromatic carbocycles. The lowest BCUT2D eigenvalue weighted by molar-refractivity contribution is -0.385. The fourth-order valence-electron chi connectivity index (χ4n) is 6.91. The van der Waals surface area contributed by atoms with Crippen LogP contribution in [-0.2, 0) is 5.54 Å². The highest BCUT2D eigenvalue weighted by atomic mass is 16.6. The summed E-state index contributed by atoms with van der Waals surface area (Å²) in [5, 5.41) is 19.3. The molecule has 1 aromatic heterocycles. The van der Waals surface area contributed by atoms with Crippen LogP contribution in [0, 0.1) is 33.8 Å². The van der Waals surface area contributed by atoms with Crippen molar-refractivity contribution in [2.45, 2.75) is 82.7 Å². The average molecular weight is 386 g/mol. The van der Waals surface area contributed by atoms with Gasteiger partial charge in [0.25, 0.3) is 5.91 Å². The molecule has 1 amide bonds. The molecule has 0 radical (unpaired) electrons. The maximum atomic E-state index is 12.9. The van der Waals surface area contributed by atoms with E-state index in [9.17, 15) is 14.9 Å². The van der Waals surface area contributed by atoms with Gasteiger partial charge in [-0.25, -0.2) is 0 Å². The Labute approximate surface area is 165 Å². The molecule has 4 bridgehead atoms. The van der Waals surface area contributed by atoms with Gasteiger partial charge in [0.05, 0.1) is 10.5 Å². The fraction of sp³-hybridized carbons (Fsp3) is 0.810. The minimum Gasteiger partial charge on any atom is -0.348 e. The summed E-state index contributed by atoms with van der Waals surface area (Å²) in [5.41, 5.74) is -0.255. The first-order valence-corrected chi connectivity index (χ1v) is 11.0. The molecule has 28 heavy (non-hydrogen) atoms. The van der Waals surface area contributed by atoms with Gasteiger partial charge in [-0.3, -0.25) is 19.6 Å². The zero-order valence-corrected chi connectivity index (χ0v) is 16.6. The maximum Gasteiger partial charge on any atom is 0.320 e. The van der Waals surface area contributed by atoms with Crippen molar-refractivity contribution in [2.75, 3.05) is 0 Å². The second-order valence-electron chi connectivity index (χ2n) is 10.1. The fourth-order valence-corrected chi connectivity index (χ4v) is 6.91. The third-order valence-corrected chi connectivity index (χ3v) is 7.95. The smallest absolute Gasteiger partial charge is 0.320 e. The first-order chi connectivity index (χ1) is 13.4. The minimum atomic E-state index is -0.443. The van der Waals surface area contributed by atoms with Crippen LogP contribution in [0.1, 0.15) is 81.6 Å². The summed E-state index contributed by atoms with van der Waals surface area (Å²) in [6.45, 7) is 2.23. The van der Waals surface area contributed by atoms with Gasteiger partial charge in [0, 0.05) is 6.04 Å². The number of hydrogen-bond donors (Lipinski definition) is 1. The Hall–Kier alpha value is -1.92. The van der Waals surface area contributed by atoms with Crippen LogP contribution in [0.2, 0.25) is 0 Å². The van der Waals surface area contributed by atoms with Crippen molar-refractivity contribution < 1.29 is 9.72 Å². The Morgan fingerprint density at radius 2 is 1.71 bits per heavy atom. The lowest BCUT2D eigenvalue weighted by Gasteiger charge is -2.56. The highest BCUT2D eigenvalue weighted by molar-refractivity contribution is 5.96. The quantitative estimate of drug-likeness (QED) is 0.625. The van der Waals surface area contributed by atoms with Crippen molar-refractivity contribution >= 4 is 11.6 Å². The molecule has 0 atom stereocenters. The van der Waals surface area contributed by atoms with Gasteiger partial charge in [-0.15, -0.1) is 0 Å². The molecule has 7 heteroatoms. The van der Waals surface area contributed by atoms with Gasteiger partial charge >= 0.3 is 5.69 Å². The van der Waals surface area contributed by atoms with Crippen molar-refractivity contribution in [1.29, 1.82) is 0 Å². The highest BCUT2D eigenvalue weighted by Gasteiger charge is 2.53. The van der Waals surface area contributed by atoms with E-state index in [1.165, 1.54) is 19.3 Å². The Morgan fingerprint density at radius 1 is 1.14 bits per heavy atom. The monoisotopic (exact) mass is 386 g/mol. The summed E-state index contributed by atoms with van der Waals surface area (Å²) in [4.78, 5) is 24.1. The van der Waals surface area contributed by atoms with E-state index in [1.807, 2.05) is 4.68 Å². The van der Waals surface area contributed by atoms with Gasteiger partial charge < -0.3 is 5.32 Å². The number of nitrogens with one attached hydrogen (secondary N) is 1. The predicted octanol–water partition coefficient (Wildman–Crippen LogP) is 4.03. The SMILES string of the molecule is CC1CCC(NC(=O)c2nn(C34CC5CC(CC(C5)C3)C4)cc2[N+](=O)[O-])CC1. The van der Waals surface area contributed by atoms with Gasteiger partial charge in [0.2, 0.25) is 5.69 Å². The topological polar surface area (TPSA) is 90.1 Å². The van der Waals surface area contributed by atoms with E-state index in [0.717, 1.165) is 62.7 Å². The van der Waals surface area contributed by atoms with E-state index in [-0.39, 0.29) is 28.9 Å². The molecule has 6 rings (SSSR count). The Kier molecular flexibility index (Phi) is 4.25. The first kappa shape index (κ1) is 18.1. The highest BCUT2D eigenvalue weighted by Crippen LogP contribution is 2.58. The molecule has 0 aliphatic heterocycles. The van der Waals surface area contributed by atoms with E-state index in [1.54, 1.807) is 6.20 Å². The summed E-state index contributed by atoms with van der Waals surface area (Å²) in [6, 6.07) is 0.105. The van der Waals surface area contributed by atoms with E-state index in [4.69, 9.17) is 0 Å². The van der Waals surface area contributed by atoms with Crippen LogP contribution in [-0.4, -0.2) is 26.7 Å². The molecular formula is C21H30N4O3. The van der Waals surface area contributed by atoms with Crippen molar-refractivity contribution in [3.8, 4) is 0 Å². The van der Waals surface area contributed by atoms with E-state index in [0.29, 0.717) is 5.92 Å². The van der Waals surface area contributed by atoms with Crippen LogP contribution in [0.25, 0.3) is 0 Å². The first-order valence-electron chi connectivity index (χ1n) is 11.0. The summed E-state index contributed by atoms with van der Waals surface area (Å²) < 4.78 is 1.83. The maximum absolute atomic E-state index is 12.9. The van der Waals surface area contributed by atoms with E-state index in [2.05, 4.69) is 17.3 Å². The molecule has 5 fully saturated rings. The predicted molar refractivity (Wildman–Crippen MR) is 104 cm³/mol. The lowest BCUT2D eigenvalue weighted by Crippen LogP contribution is -2.52. The van der Waals surface area contributed by atoms with Crippen LogP contribution in [0.5, 0.6) is 0 Å². The number of amides is 1. The summed E-state index contributed by atoms with van der Waals surface area (Å²) >= 11 is 0.